The first-order valence-corrected chi connectivity index (χ1v) is 11.6. The summed E-state index contributed by atoms with van der Waals surface area (Å²) in [6.07, 6.45) is 0. The Bertz CT molecular complexity index is 1070. The van der Waals surface area contributed by atoms with E-state index in [1.54, 1.807) is 20.8 Å². The van der Waals surface area contributed by atoms with E-state index in [0.29, 0.717) is 5.56 Å². The average molecular weight is 470 g/mol. The second kappa shape index (κ2) is 10.7. The van der Waals surface area contributed by atoms with Crippen molar-refractivity contribution in [1.82, 2.24) is 14.9 Å². The summed E-state index contributed by atoms with van der Waals surface area (Å²) < 4.78 is 40.3. The van der Waals surface area contributed by atoms with Gasteiger partial charge in [0.05, 0.1) is 5.02 Å². The van der Waals surface area contributed by atoms with Gasteiger partial charge in [0, 0.05) is 37.3 Å². The third-order valence-electron chi connectivity index (χ3n) is 4.65. The van der Waals surface area contributed by atoms with Gasteiger partial charge in [-0.3, -0.25) is 9.59 Å². The monoisotopic (exact) mass is 469 g/mol. The molecule has 0 aromatic heterocycles. The largest absolute Gasteiger partial charge is 0.350 e. The number of nitrogens with zero attached hydrogens (tertiary/aromatic N) is 1. The molecule has 10 heteroatoms. The standard InChI is InChI=1S/C21H25ClFN3O4S/c1-4-26(5-2)31(29,30)19-13-16(8-9-17(19)22)21(28)25-11-10-24-20(27)15-7-6-14(3)18(23)12-15/h6-9,12-13H,4-5,10-11H2,1-3H3,(H,24,27)(H,25,28). The molecule has 2 rings (SSSR count). The molecule has 2 aromatic rings. The Morgan fingerprint density at radius 3 is 2.00 bits per heavy atom. The highest BCUT2D eigenvalue weighted by Crippen LogP contribution is 2.25. The second-order valence-electron chi connectivity index (χ2n) is 6.71. The van der Waals surface area contributed by atoms with Crippen LogP contribution in [0.5, 0.6) is 0 Å². The number of sulfonamides is 1. The lowest BCUT2D eigenvalue weighted by Gasteiger charge is -2.19. The number of carbonyl (C=O) groups excluding carboxylic acids is 2. The number of benzene rings is 2. The van der Waals surface area contributed by atoms with E-state index in [4.69, 9.17) is 11.6 Å². The maximum absolute atomic E-state index is 13.6. The third-order valence-corrected chi connectivity index (χ3v) is 7.18. The Balaban J connectivity index is 2.00. The fourth-order valence-corrected chi connectivity index (χ4v) is 4.79. The molecule has 2 aromatic carbocycles. The van der Waals surface area contributed by atoms with E-state index in [1.807, 2.05) is 0 Å². The number of amides is 2. The van der Waals surface area contributed by atoms with Crippen LogP contribution in [0.3, 0.4) is 0 Å². The molecule has 0 aliphatic carbocycles. The molecular weight excluding hydrogens is 445 g/mol. The van der Waals surface area contributed by atoms with Crippen molar-refractivity contribution in [3.63, 3.8) is 0 Å². The van der Waals surface area contributed by atoms with Gasteiger partial charge in [0.1, 0.15) is 10.7 Å². The number of aryl methyl sites for hydroxylation is 1. The SMILES string of the molecule is CCN(CC)S(=O)(=O)c1cc(C(=O)NCCNC(=O)c2ccc(C)c(F)c2)ccc1Cl. The maximum Gasteiger partial charge on any atom is 0.251 e. The fraction of sp³-hybridized carbons (Fsp3) is 0.333. The lowest BCUT2D eigenvalue weighted by molar-refractivity contribution is 0.0927. The number of carbonyl (C=O) groups is 2. The van der Waals surface area contributed by atoms with Crippen LogP contribution in [-0.4, -0.2) is 50.7 Å². The summed E-state index contributed by atoms with van der Waals surface area (Å²) in [5.41, 5.74) is 0.745. The maximum atomic E-state index is 13.6. The van der Waals surface area contributed by atoms with E-state index >= 15 is 0 Å². The van der Waals surface area contributed by atoms with E-state index < -0.39 is 27.7 Å². The molecule has 0 unspecified atom stereocenters. The van der Waals surface area contributed by atoms with Gasteiger partial charge in [-0.25, -0.2) is 12.8 Å². The van der Waals surface area contributed by atoms with E-state index in [2.05, 4.69) is 10.6 Å². The van der Waals surface area contributed by atoms with Gasteiger partial charge in [-0.05, 0) is 42.8 Å². The Kier molecular flexibility index (Phi) is 8.55. The molecule has 0 aliphatic heterocycles. The first kappa shape index (κ1) is 24.8. The summed E-state index contributed by atoms with van der Waals surface area (Å²) >= 11 is 6.07. The van der Waals surface area contributed by atoms with Crippen molar-refractivity contribution in [3.05, 3.63) is 63.9 Å². The van der Waals surface area contributed by atoms with Gasteiger partial charge < -0.3 is 10.6 Å². The van der Waals surface area contributed by atoms with E-state index in [1.165, 1.54) is 34.6 Å². The zero-order valence-electron chi connectivity index (χ0n) is 17.5. The van der Waals surface area contributed by atoms with Gasteiger partial charge in [0.25, 0.3) is 11.8 Å². The quantitative estimate of drug-likeness (QED) is 0.552. The lowest BCUT2D eigenvalue weighted by Crippen LogP contribution is -2.35. The van der Waals surface area contributed by atoms with Crippen molar-refractivity contribution >= 4 is 33.4 Å². The normalized spacial score (nSPS) is 11.4. The molecule has 168 valence electrons. The Hall–Kier alpha value is -2.49. The summed E-state index contributed by atoms with van der Waals surface area (Å²) in [6, 6.07) is 8.19. The van der Waals surface area contributed by atoms with Crippen molar-refractivity contribution in [2.45, 2.75) is 25.7 Å². The molecule has 31 heavy (non-hydrogen) atoms. The van der Waals surface area contributed by atoms with Crippen molar-refractivity contribution in [2.75, 3.05) is 26.2 Å². The fourth-order valence-electron chi connectivity index (χ4n) is 2.84. The Morgan fingerprint density at radius 2 is 1.48 bits per heavy atom. The van der Waals surface area contributed by atoms with Crippen molar-refractivity contribution in [1.29, 1.82) is 0 Å². The molecule has 0 saturated carbocycles. The zero-order valence-corrected chi connectivity index (χ0v) is 19.1. The molecule has 0 bridgehead atoms. The topological polar surface area (TPSA) is 95.6 Å². The van der Waals surface area contributed by atoms with Gasteiger partial charge in [-0.15, -0.1) is 0 Å². The average Bonchev–Trinajstić information content (AvgIpc) is 2.73. The summed E-state index contributed by atoms with van der Waals surface area (Å²) in [4.78, 5) is 24.3. The molecule has 0 saturated heterocycles. The van der Waals surface area contributed by atoms with Gasteiger partial charge in [-0.1, -0.05) is 31.5 Å². The molecule has 0 aliphatic rings. The molecule has 0 fully saturated rings. The first-order valence-electron chi connectivity index (χ1n) is 9.74. The second-order valence-corrected chi connectivity index (χ2v) is 9.02. The molecular formula is C21H25ClFN3O4S. The van der Waals surface area contributed by atoms with Crippen LogP contribution in [0.4, 0.5) is 4.39 Å². The predicted molar refractivity (Wildman–Crippen MR) is 117 cm³/mol. The Morgan fingerprint density at radius 1 is 0.968 bits per heavy atom. The Labute approximate surface area is 186 Å². The number of hydrogen-bond donors (Lipinski definition) is 2. The van der Waals surface area contributed by atoms with Crippen molar-refractivity contribution in [2.24, 2.45) is 0 Å². The van der Waals surface area contributed by atoms with Crippen molar-refractivity contribution in [3.8, 4) is 0 Å². The lowest BCUT2D eigenvalue weighted by atomic mass is 10.1. The van der Waals surface area contributed by atoms with E-state index in [0.717, 1.165) is 6.07 Å². The highest BCUT2D eigenvalue weighted by molar-refractivity contribution is 7.89. The summed E-state index contributed by atoms with van der Waals surface area (Å²) in [5, 5.41) is 5.21. The number of rotatable bonds is 9. The first-order chi connectivity index (χ1) is 14.6. The van der Waals surface area contributed by atoms with Gasteiger partial charge in [0.2, 0.25) is 10.0 Å². The highest BCUT2D eigenvalue weighted by atomic mass is 35.5. The summed E-state index contributed by atoms with van der Waals surface area (Å²) in [7, 11) is -3.83. The summed E-state index contributed by atoms with van der Waals surface area (Å²) in [6.45, 7) is 5.78. The van der Waals surface area contributed by atoms with Crippen LogP contribution in [0.25, 0.3) is 0 Å². The van der Waals surface area contributed by atoms with Crippen LogP contribution < -0.4 is 10.6 Å². The van der Waals surface area contributed by atoms with Crippen LogP contribution in [-0.2, 0) is 10.0 Å². The number of hydrogen-bond acceptors (Lipinski definition) is 4. The third kappa shape index (κ3) is 6.03. The molecule has 2 amide bonds. The predicted octanol–water partition coefficient (Wildman–Crippen LogP) is 2.98. The van der Waals surface area contributed by atoms with E-state index in [9.17, 15) is 22.4 Å². The van der Waals surface area contributed by atoms with Gasteiger partial charge in [-0.2, -0.15) is 4.31 Å². The molecule has 7 nitrogen and oxygen atoms in total. The molecule has 0 radical (unpaired) electrons. The van der Waals surface area contributed by atoms with Crippen LogP contribution in [0, 0.1) is 12.7 Å². The molecule has 0 atom stereocenters. The minimum absolute atomic E-state index is 0.0287. The van der Waals surface area contributed by atoms with Crippen LogP contribution in [0.15, 0.2) is 41.3 Å². The molecule has 0 spiro atoms. The molecule has 2 N–H and O–H groups in total. The number of halogens is 2. The van der Waals surface area contributed by atoms with Gasteiger partial charge in [0.15, 0.2) is 0 Å². The summed E-state index contributed by atoms with van der Waals surface area (Å²) in [5.74, 6) is -1.45. The van der Waals surface area contributed by atoms with Crippen LogP contribution >= 0.6 is 11.6 Å². The highest BCUT2D eigenvalue weighted by Gasteiger charge is 2.25. The minimum Gasteiger partial charge on any atom is -0.350 e. The molecule has 0 heterocycles. The smallest absolute Gasteiger partial charge is 0.251 e. The number of nitrogens with one attached hydrogen (secondary N) is 2. The van der Waals surface area contributed by atoms with Gasteiger partial charge >= 0.3 is 0 Å². The zero-order chi connectivity index (χ0) is 23.2. The minimum atomic E-state index is -3.83. The van der Waals surface area contributed by atoms with Crippen LogP contribution in [0.2, 0.25) is 5.02 Å². The van der Waals surface area contributed by atoms with E-state index in [-0.39, 0.29) is 47.2 Å². The van der Waals surface area contributed by atoms with Crippen molar-refractivity contribution < 1.29 is 22.4 Å². The van der Waals surface area contributed by atoms with Crippen LogP contribution in [0.1, 0.15) is 40.1 Å².